The summed E-state index contributed by atoms with van der Waals surface area (Å²) < 4.78 is 41.3. The summed E-state index contributed by atoms with van der Waals surface area (Å²) in [6.07, 6.45) is -0.807. The van der Waals surface area contributed by atoms with Crippen LogP contribution in [0.5, 0.6) is 0 Å². The number of hydrogen-bond donors (Lipinski definition) is 1. The Labute approximate surface area is 135 Å². The molecule has 0 saturated heterocycles. The smallest absolute Gasteiger partial charge is 0.449 e. The zero-order valence-corrected chi connectivity index (χ0v) is 13.0. The van der Waals surface area contributed by atoms with Crippen LogP contribution in [0, 0.1) is 0 Å². The molecule has 0 aromatic heterocycles. The fraction of sp³-hybridized carbons (Fsp3) is 0.875. The van der Waals surface area contributed by atoms with Gasteiger partial charge in [0.2, 0.25) is 0 Å². The van der Waals surface area contributed by atoms with E-state index in [2.05, 4.69) is 5.32 Å². The van der Waals surface area contributed by atoms with Gasteiger partial charge >= 0.3 is 64.5 Å². The molecule has 1 aliphatic carbocycles. The molecule has 1 saturated carbocycles. The third-order valence-corrected chi connectivity index (χ3v) is 2.03. The van der Waals surface area contributed by atoms with Crippen LogP contribution in [-0.2, 0) is 4.74 Å². The van der Waals surface area contributed by atoms with Crippen LogP contribution in [0.4, 0.5) is 17.7 Å². The second kappa shape index (κ2) is 5.60. The summed E-state index contributed by atoms with van der Waals surface area (Å²) in [5.41, 5.74) is -0.683. The quantitative estimate of drug-likeness (QED) is 0.682. The van der Waals surface area contributed by atoms with E-state index in [-0.39, 0.29) is 57.8 Å². The summed E-state index contributed by atoms with van der Waals surface area (Å²) in [6, 6.07) is -0.792. The van der Waals surface area contributed by atoms with Gasteiger partial charge in [0.05, 0.1) is 0 Å². The average Bonchev–Trinajstić information content (AvgIpc) is 2.59. The number of halogens is 3. The first kappa shape index (κ1) is 16.8. The molecule has 8 heteroatoms. The number of ether oxygens (including phenoxy) is 1. The van der Waals surface area contributed by atoms with Gasteiger partial charge in [-0.15, -0.1) is 0 Å². The van der Waals surface area contributed by atoms with Gasteiger partial charge < -0.3 is 23.0 Å². The SMILES string of the molecule is CC(C)(C)OC(=O)N[C@@H]1C[C@@H]1[B-](F)(F)F.[K+]. The molecule has 0 aliphatic heterocycles. The van der Waals surface area contributed by atoms with Crippen LogP contribution in [0.2, 0.25) is 5.82 Å². The molecule has 16 heavy (non-hydrogen) atoms. The molecule has 1 aliphatic rings. The van der Waals surface area contributed by atoms with Crippen molar-refractivity contribution in [1.29, 1.82) is 0 Å². The van der Waals surface area contributed by atoms with Gasteiger partial charge in [-0.3, -0.25) is 0 Å². The van der Waals surface area contributed by atoms with Gasteiger partial charge in [0.15, 0.2) is 0 Å². The number of amides is 1. The van der Waals surface area contributed by atoms with E-state index in [1.54, 1.807) is 20.8 Å². The molecule has 0 aromatic carbocycles. The van der Waals surface area contributed by atoms with Crippen LogP contribution >= 0.6 is 0 Å². The predicted molar refractivity (Wildman–Crippen MR) is 50.6 cm³/mol. The van der Waals surface area contributed by atoms with Crippen LogP contribution in [0.25, 0.3) is 0 Å². The summed E-state index contributed by atoms with van der Waals surface area (Å²) in [5.74, 6) is -1.35. The first-order chi connectivity index (χ1) is 6.59. The van der Waals surface area contributed by atoms with E-state index < -0.39 is 30.5 Å². The number of carbonyl (C=O) groups is 1. The number of hydrogen-bond acceptors (Lipinski definition) is 2. The zero-order valence-electron chi connectivity index (χ0n) is 9.89. The molecular formula is C8H14BF3KNO2. The number of alkyl carbamates (subject to hydrolysis) is 1. The molecule has 1 amide bonds. The Morgan fingerprint density at radius 3 is 2.19 bits per heavy atom. The zero-order chi connectivity index (χ0) is 11.9. The van der Waals surface area contributed by atoms with E-state index in [0.717, 1.165) is 0 Å². The molecule has 3 nitrogen and oxygen atoms in total. The molecule has 1 rings (SSSR count). The maximum Gasteiger partial charge on any atom is 1.00 e. The topological polar surface area (TPSA) is 38.3 Å². The Morgan fingerprint density at radius 2 is 1.88 bits per heavy atom. The van der Waals surface area contributed by atoms with Gasteiger partial charge in [-0.2, -0.15) is 0 Å². The van der Waals surface area contributed by atoms with Crippen molar-refractivity contribution in [2.75, 3.05) is 0 Å². The van der Waals surface area contributed by atoms with Gasteiger partial charge in [-0.05, 0) is 20.8 Å². The Balaban J connectivity index is 0.00000225. The van der Waals surface area contributed by atoms with Crippen molar-refractivity contribution in [3.8, 4) is 0 Å². The van der Waals surface area contributed by atoms with E-state index >= 15 is 0 Å². The molecular weight excluding hydrogens is 249 g/mol. The van der Waals surface area contributed by atoms with Gasteiger partial charge in [0, 0.05) is 6.04 Å². The van der Waals surface area contributed by atoms with Gasteiger partial charge in [0.1, 0.15) is 5.60 Å². The van der Waals surface area contributed by atoms with E-state index in [1.807, 2.05) is 0 Å². The summed E-state index contributed by atoms with van der Waals surface area (Å²) in [4.78, 5) is 11.1. The van der Waals surface area contributed by atoms with Crippen molar-refractivity contribution < 1.29 is 73.9 Å². The Bertz CT molecular complexity index is 267. The van der Waals surface area contributed by atoms with Gasteiger partial charge in [0.25, 0.3) is 0 Å². The largest absolute Gasteiger partial charge is 1.00 e. The van der Waals surface area contributed by atoms with Crippen molar-refractivity contribution >= 4 is 13.1 Å². The van der Waals surface area contributed by atoms with Crippen molar-refractivity contribution in [3.63, 3.8) is 0 Å². The monoisotopic (exact) mass is 263 g/mol. The number of rotatable bonds is 2. The van der Waals surface area contributed by atoms with E-state index in [1.165, 1.54) is 0 Å². The third-order valence-electron chi connectivity index (χ3n) is 2.03. The normalized spacial score (nSPS) is 24.4. The minimum Gasteiger partial charge on any atom is -0.449 e. The average molecular weight is 263 g/mol. The minimum absolute atomic E-state index is 0. The summed E-state index contributed by atoms with van der Waals surface area (Å²) in [5, 5.41) is 2.20. The molecule has 0 spiro atoms. The van der Waals surface area contributed by atoms with Crippen molar-refractivity contribution in [3.05, 3.63) is 0 Å². The van der Waals surface area contributed by atoms with E-state index in [4.69, 9.17) is 4.74 Å². The first-order valence-corrected chi connectivity index (χ1v) is 4.79. The number of carbonyl (C=O) groups excluding carboxylic acids is 1. The minimum atomic E-state index is -4.83. The Hall–Kier alpha value is 0.761. The van der Waals surface area contributed by atoms with Gasteiger partial charge in [-0.1, -0.05) is 12.2 Å². The van der Waals surface area contributed by atoms with Crippen LogP contribution in [0.15, 0.2) is 0 Å². The molecule has 0 unspecified atom stereocenters. The van der Waals surface area contributed by atoms with Gasteiger partial charge in [-0.25, -0.2) is 4.79 Å². The molecule has 0 bridgehead atoms. The molecule has 1 N–H and O–H groups in total. The maximum atomic E-state index is 12.1. The molecule has 0 heterocycles. The fourth-order valence-corrected chi connectivity index (χ4v) is 1.26. The van der Waals surface area contributed by atoms with Crippen LogP contribution in [0.1, 0.15) is 27.2 Å². The predicted octanol–water partition coefficient (Wildman–Crippen LogP) is -0.495. The summed E-state index contributed by atoms with van der Waals surface area (Å²) >= 11 is 0. The summed E-state index contributed by atoms with van der Waals surface area (Å²) in [7, 11) is 0. The third kappa shape index (κ3) is 5.90. The fourth-order valence-electron chi connectivity index (χ4n) is 1.26. The first-order valence-electron chi connectivity index (χ1n) is 4.79. The molecule has 2 atom stereocenters. The molecule has 0 aromatic rings. The second-order valence-corrected chi connectivity index (χ2v) is 4.78. The summed E-state index contributed by atoms with van der Waals surface area (Å²) in [6.45, 7) is 0.138. The van der Waals surface area contributed by atoms with Crippen LogP contribution < -0.4 is 56.7 Å². The second-order valence-electron chi connectivity index (χ2n) is 4.78. The van der Waals surface area contributed by atoms with Crippen molar-refractivity contribution in [1.82, 2.24) is 5.32 Å². The molecule has 0 radical (unpaired) electrons. The maximum absolute atomic E-state index is 12.1. The molecule has 88 valence electrons. The molecule has 1 fully saturated rings. The van der Waals surface area contributed by atoms with Crippen LogP contribution in [0.3, 0.4) is 0 Å². The van der Waals surface area contributed by atoms with Crippen LogP contribution in [-0.4, -0.2) is 24.7 Å². The van der Waals surface area contributed by atoms with E-state index in [9.17, 15) is 17.7 Å². The Kier molecular flexibility index (Phi) is 5.87. The van der Waals surface area contributed by atoms with Crippen molar-refractivity contribution in [2.45, 2.75) is 44.7 Å². The van der Waals surface area contributed by atoms with E-state index in [0.29, 0.717) is 0 Å². The number of nitrogens with one attached hydrogen (secondary N) is 1. The standard InChI is InChI=1S/C8H14BF3NO2.K/c1-8(2,3)15-7(14)13-6-4-5(6)9(10,11)12;/h5-6H,4H2,1-3H3,(H,13,14);/q-1;+1/t5-,6+;/m0./s1. The Morgan fingerprint density at radius 1 is 1.38 bits per heavy atom. The van der Waals surface area contributed by atoms with Crippen molar-refractivity contribution in [2.24, 2.45) is 0 Å².